The molecular formula is C16H25F2N3O3S. The smallest absolute Gasteiger partial charge is 0.244 e. The van der Waals surface area contributed by atoms with E-state index < -0.39 is 55.1 Å². The van der Waals surface area contributed by atoms with Crippen LogP contribution in [0.1, 0.15) is 41.5 Å². The molecule has 1 rings (SSSR count). The SMILES string of the molecule is CC(C)(C)NS(=O)(=O)c1cc(NC(=O)[C@@H](N)C(C)(C)C)c(F)cc1F. The van der Waals surface area contributed by atoms with Gasteiger partial charge in [-0.3, -0.25) is 4.79 Å². The summed E-state index contributed by atoms with van der Waals surface area (Å²) in [6.07, 6.45) is 0. The molecule has 142 valence electrons. The second kappa shape index (κ2) is 6.97. The van der Waals surface area contributed by atoms with Crippen LogP contribution < -0.4 is 15.8 Å². The fraction of sp³-hybridized carbons (Fsp3) is 0.562. The first-order valence-electron chi connectivity index (χ1n) is 7.64. The van der Waals surface area contributed by atoms with Crippen LogP contribution >= 0.6 is 0 Å². The molecule has 0 aliphatic heterocycles. The number of rotatable bonds is 4. The van der Waals surface area contributed by atoms with E-state index in [0.717, 1.165) is 6.07 Å². The lowest BCUT2D eigenvalue weighted by Gasteiger charge is -2.26. The molecule has 0 saturated carbocycles. The second-order valence-electron chi connectivity index (χ2n) is 7.95. The van der Waals surface area contributed by atoms with E-state index in [1.165, 1.54) is 0 Å². The van der Waals surface area contributed by atoms with Crippen LogP contribution in [0.15, 0.2) is 17.0 Å². The lowest BCUT2D eigenvalue weighted by Crippen LogP contribution is -2.45. The summed E-state index contributed by atoms with van der Waals surface area (Å²) in [5.74, 6) is -3.06. The highest BCUT2D eigenvalue weighted by Crippen LogP contribution is 2.25. The molecule has 0 heterocycles. The summed E-state index contributed by atoms with van der Waals surface area (Å²) < 4.78 is 54.8. The van der Waals surface area contributed by atoms with Gasteiger partial charge < -0.3 is 11.1 Å². The third-order valence-electron chi connectivity index (χ3n) is 3.22. The third-order valence-corrected chi connectivity index (χ3v) is 5.00. The van der Waals surface area contributed by atoms with Gasteiger partial charge in [0.1, 0.15) is 16.5 Å². The maximum absolute atomic E-state index is 14.0. The molecule has 1 aromatic rings. The van der Waals surface area contributed by atoms with E-state index in [9.17, 15) is 22.0 Å². The van der Waals surface area contributed by atoms with Gasteiger partial charge in [-0.1, -0.05) is 20.8 Å². The Morgan fingerprint density at radius 1 is 1.08 bits per heavy atom. The predicted octanol–water partition coefficient (Wildman–Crippen LogP) is 2.35. The highest BCUT2D eigenvalue weighted by molar-refractivity contribution is 7.89. The Hall–Kier alpha value is -1.58. The van der Waals surface area contributed by atoms with Crippen molar-refractivity contribution in [2.45, 2.75) is 58.0 Å². The van der Waals surface area contributed by atoms with Crippen LogP contribution in [-0.2, 0) is 14.8 Å². The molecule has 6 nitrogen and oxygen atoms in total. The van der Waals surface area contributed by atoms with Gasteiger partial charge in [0, 0.05) is 11.6 Å². The monoisotopic (exact) mass is 377 g/mol. The normalized spacial score (nSPS) is 14.3. The topological polar surface area (TPSA) is 101 Å². The fourth-order valence-corrected chi connectivity index (χ4v) is 3.40. The number of hydrogen-bond donors (Lipinski definition) is 3. The van der Waals surface area contributed by atoms with Crippen LogP contribution in [0.2, 0.25) is 0 Å². The summed E-state index contributed by atoms with van der Waals surface area (Å²) in [6.45, 7) is 9.91. The van der Waals surface area contributed by atoms with E-state index in [0.29, 0.717) is 6.07 Å². The van der Waals surface area contributed by atoms with Crippen molar-refractivity contribution in [3.8, 4) is 0 Å². The number of sulfonamides is 1. The predicted molar refractivity (Wildman–Crippen MR) is 92.5 cm³/mol. The fourth-order valence-electron chi connectivity index (χ4n) is 1.89. The van der Waals surface area contributed by atoms with E-state index in [2.05, 4.69) is 10.0 Å². The van der Waals surface area contributed by atoms with E-state index in [-0.39, 0.29) is 0 Å². The summed E-state index contributed by atoms with van der Waals surface area (Å²) in [7, 11) is -4.25. The number of halogens is 2. The van der Waals surface area contributed by atoms with Crippen molar-refractivity contribution in [1.29, 1.82) is 0 Å². The third kappa shape index (κ3) is 5.72. The van der Waals surface area contributed by atoms with E-state index in [4.69, 9.17) is 5.73 Å². The summed E-state index contributed by atoms with van der Waals surface area (Å²) in [5, 5.41) is 2.22. The van der Waals surface area contributed by atoms with Crippen molar-refractivity contribution >= 4 is 21.6 Å². The molecule has 1 atom stereocenters. The molecule has 0 fully saturated rings. The van der Waals surface area contributed by atoms with Gasteiger partial charge in [0.25, 0.3) is 0 Å². The van der Waals surface area contributed by atoms with Gasteiger partial charge in [-0.25, -0.2) is 21.9 Å². The summed E-state index contributed by atoms with van der Waals surface area (Å²) in [6, 6.07) is 0.186. The van der Waals surface area contributed by atoms with Crippen LogP contribution in [0.3, 0.4) is 0 Å². The van der Waals surface area contributed by atoms with Crippen LogP contribution in [0.5, 0.6) is 0 Å². The summed E-state index contributed by atoms with van der Waals surface area (Å²) >= 11 is 0. The minimum absolute atomic E-state index is 0.412. The van der Waals surface area contributed by atoms with Crippen molar-refractivity contribution in [2.75, 3.05) is 5.32 Å². The van der Waals surface area contributed by atoms with Gasteiger partial charge in [0.15, 0.2) is 0 Å². The van der Waals surface area contributed by atoms with E-state index >= 15 is 0 Å². The van der Waals surface area contributed by atoms with Crippen molar-refractivity contribution in [3.63, 3.8) is 0 Å². The number of benzene rings is 1. The van der Waals surface area contributed by atoms with Crippen LogP contribution in [0, 0.1) is 17.0 Å². The average Bonchev–Trinajstić information content (AvgIpc) is 2.36. The molecule has 9 heteroatoms. The zero-order valence-electron chi connectivity index (χ0n) is 15.2. The number of carbonyl (C=O) groups excluding carboxylic acids is 1. The molecule has 25 heavy (non-hydrogen) atoms. The first-order valence-corrected chi connectivity index (χ1v) is 9.12. The number of amides is 1. The van der Waals surface area contributed by atoms with Gasteiger partial charge in [0.2, 0.25) is 15.9 Å². The molecule has 0 aromatic heterocycles. The number of nitrogens with two attached hydrogens (primary N) is 1. The van der Waals surface area contributed by atoms with Crippen LogP contribution in [0.25, 0.3) is 0 Å². The van der Waals surface area contributed by atoms with Gasteiger partial charge >= 0.3 is 0 Å². The Morgan fingerprint density at radius 3 is 2.04 bits per heavy atom. The molecule has 1 amide bonds. The number of hydrogen-bond acceptors (Lipinski definition) is 4. The number of carbonyl (C=O) groups is 1. The number of nitrogens with one attached hydrogen (secondary N) is 2. The van der Waals surface area contributed by atoms with Crippen LogP contribution in [-0.4, -0.2) is 25.9 Å². The van der Waals surface area contributed by atoms with Gasteiger partial charge in [0.05, 0.1) is 11.7 Å². The Kier molecular flexibility index (Phi) is 5.98. The second-order valence-corrected chi connectivity index (χ2v) is 9.60. The zero-order valence-corrected chi connectivity index (χ0v) is 16.0. The first kappa shape index (κ1) is 21.5. The molecule has 0 unspecified atom stereocenters. The van der Waals surface area contributed by atoms with Crippen molar-refractivity contribution in [1.82, 2.24) is 4.72 Å². The standard InChI is InChI=1S/C16H25F2N3O3S/c1-15(2,3)13(19)14(22)20-11-8-12(10(18)7-9(11)17)25(23,24)21-16(4,5)6/h7-8,13,21H,19H2,1-6H3,(H,20,22)/t13-/m1/s1. The van der Waals surface area contributed by atoms with Gasteiger partial charge in [-0.2, -0.15) is 0 Å². The molecule has 0 aliphatic carbocycles. The van der Waals surface area contributed by atoms with Gasteiger partial charge in [-0.15, -0.1) is 0 Å². The lowest BCUT2D eigenvalue weighted by molar-refractivity contribution is -0.119. The maximum Gasteiger partial charge on any atom is 0.244 e. The minimum atomic E-state index is -4.25. The van der Waals surface area contributed by atoms with Crippen molar-refractivity contribution < 1.29 is 22.0 Å². The first-order chi connectivity index (χ1) is 11.0. The summed E-state index contributed by atoms with van der Waals surface area (Å²) in [4.78, 5) is 11.4. The molecule has 0 saturated heterocycles. The quantitative estimate of drug-likeness (QED) is 0.750. The molecule has 0 spiro atoms. The lowest BCUT2D eigenvalue weighted by atomic mass is 9.87. The van der Waals surface area contributed by atoms with E-state index in [1.54, 1.807) is 41.5 Å². The van der Waals surface area contributed by atoms with Crippen molar-refractivity contribution in [3.05, 3.63) is 23.8 Å². The van der Waals surface area contributed by atoms with Crippen LogP contribution in [0.4, 0.5) is 14.5 Å². The molecule has 0 aliphatic rings. The van der Waals surface area contributed by atoms with Crippen molar-refractivity contribution in [2.24, 2.45) is 11.1 Å². The molecular weight excluding hydrogens is 352 g/mol. The van der Waals surface area contributed by atoms with Gasteiger partial charge in [-0.05, 0) is 32.3 Å². The molecule has 0 radical (unpaired) electrons. The largest absolute Gasteiger partial charge is 0.322 e. The minimum Gasteiger partial charge on any atom is -0.322 e. The number of anilines is 1. The summed E-state index contributed by atoms with van der Waals surface area (Å²) in [5.41, 5.74) is 3.87. The molecule has 4 N–H and O–H groups in total. The maximum atomic E-state index is 14.0. The Balaban J connectivity index is 3.27. The Bertz CT molecular complexity index is 766. The Labute approximate surface area is 147 Å². The molecule has 0 bridgehead atoms. The van der Waals surface area contributed by atoms with E-state index in [1.807, 2.05) is 0 Å². The Morgan fingerprint density at radius 2 is 1.60 bits per heavy atom. The average molecular weight is 377 g/mol. The molecule has 1 aromatic carbocycles. The highest BCUT2D eigenvalue weighted by Gasteiger charge is 2.30. The highest BCUT2D eigenvalue weighted by atomic mass is 32.2. The zero-order chi connectivity index (χ0) is 19.8.